The van der Waals surface area contributed by atoms with Gasteiger partial charge < -0.3 is 16.4 Å². The number of amides is 1. The fourth-order valence-electron chi connectivity index (χ4n) is 2.63. The number of carbonyl (C=O) groups is 1. The van der Waals surface area contributed by atoms with Crippen LogP contribution in [0.5, 0.6) is 0 Å². The normalized spacial score (nSPS) is 10.1. The fraction of sp³-hybridized carbons (Fsp3) is 0.0476. The first-order valence-corrected chi connectivity index (χ1v) is 9.79. The molecule has 29 heavy (non-hydrogen) atoms. The summed E-state index contributed by atoms with van der Waals surface area (Å²) in [4.78, 5) is 20.5. The van der Waals surface area contributed by atoms with Gasteiger partial charge in [0.2, 0.25) is 5.91 Å². The number of aromatic nitrogens is 2. The molecule has 0 aliphatic heterocycles. The first kappa shape index (κ1) is 19.9. The van der Waals surface area contributed by atoms with Crippen molar-refractivity contribution in [1.82, 2.24) is 9.97 Å². The Morgan fingerprint density at radius 1 is 1.21 bits per heavy atom. The van der Waals surface area contributed by atoms with Crippen LogP contribution < -0.4 is 16.4 Å². The number of hydrogen-bond acceptors (Lipinski definition) is 7. The Hall–Kier alpha value is -3.83. The number of anilines is 4. The topological polar surface area (TPSA) is 117 Å². The van der Waals surface area contributed by atoms with Gasteiger partial charge >= 0.3 is 0 Å². The van der Waals surface area contributed by atoms with Crippen molar-refractivity contribution in [2.75, 3.05) is 22.6 Å². The molecule has 2 aromatic carbocycles. The van der Waals surface area contributed by atoms with E-state index in [4.69, 9.17) is 5.73 Å². The minimum absolute atomic E-state index is 0.300. The number of benzene rings is 2. The van der Waals surface area contributed by atoms with Crippen molar-refractivity contribution in [3.05, 3.63) is 66.7 Å². The third kappa shape index (κ3) is 4.72. The van der Waals surface area contributed by atoms with Crippen molar-refractivity contribution in [2.24, 2.45) is 0 Å². The minimum atomic E-state index is -0.310. The standard InChI is InChI=1S/C21H18N6OS/c1-3-18(28)24-15-8-5-9-16(11-15)25-20-17(12-22)19(26-21(27-20)29-2)13-6-4-7-14(23)10-13/h3-11H,1,23H2,2H3,(H,24,28)(H,25,26,27). The van der Waals surface area contributed by atoms with Crippen LogP contribution in [0.2, 0.25) is 0 Å². The highest BCUT2D eigenvalue weighted by molar-refractivity contribution is 7.98. The van der Waals surface area contributed by atoms with E-state index in [0.29, 0.717) is 39.3 Å². The van der Waals surface area contributed by atoms with Gasteiger partial charge in [0.1, 0.15) is 11.6 Å². The van der Waals surface area contributed by atoms with Gasteiger partial charge in [0, 0.05) is 22.6 Å². The third-order valence-electron chi connectivity index (χ3n) is 3.92. The molecule has 0 spiro atoms. The van der Waals surface area contributed by atoms with Crippen LogP contribution in [0.25, 0.3) is 11.3 Å². The number of nitrogens with two attached hydrogens (primary N) is 1. The monoisotopic (exact) mass is 402 g/mol. The van der Waals surface area contributed by atoms with Gasteiger partial charge in [-0.15, -0.1) is 0 Å². The van der Waals surface area contributed by atoms with Crippen molar-refractivity contribution < 1.29 is 4.79 Å². The minimum Gasteiger partial charge on any atom is -0.399 e. The van der Waals surface area contributed by atoms with E-state index >= 15 is 0 Å². The van der Waals surface area contributed by atoms with E-state index in [1.165, 1.54) is 17.8 Å². The molecule has 0 saturated carbocycles. The average Bonchev–Trinajstić information content (AvgIpc) is 2.73. The van der Waals surface area contributed by atoms with E-state index in [-0.39, 0.29) is 5.91 Å². The number of carbonyl (C=O) groups excluding carboxylic acids is 1. The van der Waals surface area contributed by atoms with Gasteiger partial charge in [0.05, 0.1) is 5.69 Å². The van der Waals surface area contributed by atoms with Crippen LogP contribution in [0.15, 0.2) is 66.3 Å². The maximum Gasteiger partial charge on any atom is 0.247 e. The van der Waals surface area contributed by atoms with Crippen LogP contribution in [0.3, 0.4) is 0 Å². The summed E-state index contributed by atoms with van der Waals surface area (Å²) in [5.41, 5.74) is 9.26. The summed E-state index contributed by atoms with van der Waals surface area (Å²) in [7, 11) is 0. The van der Waals surface area contributed by atoms with Gasteiger partial charge in [-0.1, -0.05) is 36.5 Å². The second-order valence-electron chi connectivity index (χ2n) is 5.92. The summed E-state index contributed by atoms with van der Waals surface area (Å²) in [6, 6.07) is 16.5. The zero-order valence-electron chi connectivity index (χ0n) is 15.6. The van der Waals surface area contributed by atoms with Crippen molar-refractivity contribution in [2.45, 2.75) is 5.16 Å². The lowest BCUT2D eigenvalue weighted by atomic mass is 10.1. The number of nitrogen functional groups attached to an aromatic ring is 1. The maximum absolute atomic E-state index is 11.5. The van der Waals surface area contributed by atoms with E-state index in [9.17, 15) is 10.1 Å². The summed E-state index contributed by atoms with van der Waals surface area (Å²) >= 11 is 1.37. The Kier molecular flexibility index (Phi) is 6.12. The van der Waals surface area contributed by atoms with E-state index in [0.717, 1.165) is 5.56 Å². The number of nitrogens with zero attached hydrogens (tertiary/aromatic N) is 3. The molecule has 0 atom stereocenters. The highest BCUT2D eigenvalue weighted by Crippen LogP contribution is 2.31. The van der Waals surface area contributed by atoms with E-state index in [2.05, 4.69) is 33.2 Å². The number of nitrogens with one attached hydrogen (secondary N) is 2. The molecule has 0 bridgehead atoms. The van der Waals surface area contributed by atoms with Gasteiger partial charge in [-0.2, -0.15) is 5.26 Å². The number of thioether (sulfide) groups is 1. The lowest BCUT2D eigenvalue weighted by Gasteiger charge is -2.13. The van der Waals surface area contributed by atoms with Crippen LogP contribution in [-0.2, 0) is 4.79 Å². The molecule has 0 radical (unpaired) electrons. The maximum atomic E-state index is 11.5. The Balaban J connectivity index is 2.05. The number of nitriles is 1. The highest BCUT2D eigenvalue weighted by Gasteiger charge is 2.16. The van der Waals surface area contributed by atoms with Crippen molar-refractivity contribution in [1.29, 1.82) is 5.26 Å². The lowest BCUT2D eigenvalue weighted by molar-refractivity contribution is -0.111. The molecular formula is C21H18N6OS. The van der Waals surface area contributed by atoms with Crippen LogP contribution >= 0.6 is 11.8 Å². The third-order valence-corrected chi connectivity index (χ3v) is 4.47. The molecule has 3 aromatic rings. The predicted octanol–water partition coefficient (Wildman–Crippen LogP) is 4.19. The van der Waals surface area contributed by atoms with E-state index in [1.807, 2.05) is 24.5 Å². The molecule has 0 aliphatic carbocycles. The van der Waals surface area contributed by atoms with Gasteiger partial charge in [-0.05, 0) is 42.7 Å². The van der Waals surface area contributed by atoms with Gasteiger partial charge in [-0.25, -0.2) is 9.97 Å². The molecule has 144 valence electrons. The van der Waals surface area contributed by atoms with Crippen molar-refractivity contribution in [3.8, 4) is 17.3 Å². The second-order valence-corrected chi connectivity index (χ2v) is 6.69. The Bertz CT molecular complexity index is 1120. The molecule has 1 amide bonds. The Morgan fingerprint density at radius 2 is 1.97 bits per heavy atom. The largest absolute Gasteiger partial charge is 0.399 e. The molecular weight excluding hydrogens is 384 g/mol. The highest BCUT2D eigenvalue weighted by atomic mass is 32.2. The molecule has 1 aromatic heterocycles. The SMILES string of the molecule is C=CC(=O)Nc1cccc(Nc2nc(SC)nc(-c3cccc(N)c3)c2C#N)c1. The zero-order valence-corrected chi connectivity index (χ0v) is 16.5. The zero-order chi connectivity index (χ0) is 20.8. The van der Waals surface area contributed by atoms with Gasteiger partial charge in [-0.3, -0.25) is 4.79 Å². The van der Waals surface area contributed by atoms with E-state index in [1.54, 1.807) is 30.3 Å². The summed E-state index contributed by atoms with van der Waals surface area (Å²) < 4.78 is 0. The molecule has 3 rings (SSSR count). The first-order chi connectivity index (χ1) is 14.0. The number of hydrogen-bond donors (Lipinski definition) is 3. The van der Waals surface area contributed by atoms with E-state index < -0.39 is 0 Å². The summed E-state index contributed by atoms with van der Waals surface area (Å²) in [6.07, 6.45) is 3.06. The lowest BCUT2D eigenvalue weighted by Crippen LogP contribution is -2.08. The molecule has 7 nitrogen and oxygen atoms in total. The summed E-state index contributed by atoms with van der Waals surface area (Å²) in [5, 5.41) is 16.2. The predicted molar refractivity (Wildman–Crippen MR) is 117 cm³/mol. The second kappa shape index (κ2) is 8.91. The molecule has 0 unspecified atom stereocenters. The van der Waals surface area contributed by atoms with Gasteiger partial charge in [0.15, 0.2) is 11.0 Å². The van der Waals surface area contributed by atoms with Crippen molar-refractivity contribution in [3.63, 3.8) is 0 Å². The molecule has 8 heteroatoms. The molecule has 1 heterocycles. The smallest absolute Gasteiger partial charge is 0.247 e. The molecule has 4 N–H and O–H groups in total. The molecule has 0 saturated heterocycles. The Morgan fingerprint density at radius 3 is 2.66 bits per heavy atom. The average molecular weight is 402 g/mol. The summed E-state index contributed by atoms with van der Waals surface area (Å²) in [6.45, 7) is 3.44. The fourth-order valence-corrected chi connectivity index (χ4v) is 2.99. The van der Waals surface area contributed by atoms with Crippen molar-refractivity contribution >= 4 is 40.5 Å². The quantitative estimate of drug-likeness (QED) is 0.245. The number of rotatable bonds is 6. The molecule has 0 fully saturated rings. The summed E-state index contributed by atoms with van der Waals surface area (Å²) in [5.74, 6) is 0.0620. The van der Waals surface area contributed by atoms with Crippen LogP contribution in [0, 0.1) is 11.3 Å². The first-order valence-electron chi connectivity index (χ1n) is 8.56. The molecule has 0 aliphatic rings. The van der Waals surface area contributed by atoms with Crippen LogP contribution in [0.4, 0.5) is 22.9 Å². The van der Waals surface area contributed by atoms with Crippen LogP contribution in [-0.4, -0.2) is 22.1 Å². The Labute approximate surface area is 172 Å². The van der Waals surface area contributed by atoms with Gasteiger partial charge in [0.25, 0.3) is 0 Å². The van der Waals surface area contributed by atoms with Crippen LogP contribution in [0.1, 0.15) is 5.56 Å².